The van der Waals surface area contributed by atoms with Gasteiger partial charge < -0.3 is 20.1 Å². The number of piperazine rings is 1. The highest BCUT2D eigenvalue weighted by Gasteiger charge is 2.24. The number of fused-ring (bicyclic) bond motifs is 3. The first-order valence-corrected chi connectivity index (χ1v) is 12.3. The van der Waals surface area contributed by atoms with Crippen LogP contribution in [0.3, 0.4) is 0 Å². The number of likely N-dealkylation sites (N-methyl/N-ethyl adjacent to an activating group) is 1. The Kier molecular flexibility index (Phi) is 5.58. The van der Waals surface area contributed by atoms with E-state index in [-0.39, 0.29) is 5.91 Å². The Hall–Kier alpha value is -3.90. The van der Waals surface area contributed by atoms with Gasteiger partial charge in [0.1, 0.15) is 0 Å². The number of aromatic nitrogens is 2. The lowest BCUT2D eigenvalue weighted by atomic mass is 10.0. The van der Waals surface area contributed by atoms with E-state index in [1.165, 1.54) is 10.9 Å². The highest BCUT2D eigenvalue weighted by molar-refractivity contribution is 6.16. The second kappa shape index (κ2) is 9.04. The van der Waals surface area contributed by atoms with Gasteiger partial charge in [0.05, 0.1) is 22.3 Å². The summed E-state index contributed by atoms with van der Waals surface area (Å²) >= 11 is 0. The van der Waals surface area contributed by atoms with E-state index in [9.17, 15) is 4.79 Å². The summed E-state index contributed by atoms with van der Waals surface area (Å²) in [5.41, 5.74) is 5.92. The first kappa shape index (κ1) is 21.6. The second-order valence-corrected chi connectivity index (χ2v) is 9.34. The van der Waals surface area contributed by atoms with Crippen molar-refractivity contribution in [1.82, 2.24) is 19.8 Å². The number of para-hydroxylation sites is 2. The van der Waals surface area contributed by atoms with Gasteiger partial charge in [-0.1, -0.05) is 42.5 Å². The number of anilines is 1. The molecular weight excluding hydrogens is 434 g/mol. The molecule has 2 aromatic heterocycles. The summed E-state index contributed by atoms with van der Waals surface area (Å²) in [5, 5.41) is 6.91. The molecule has 0 aliphatic carbocycles. The zero-order valence-corrected chi connectivity index (χ0v) is 19.9. The number of carbonyl (C=O) groups excluding carboxylic acids is 1. The van der Waals surface area contributed by atoms with Crippen molar-refractivity contribution >= 4 is 44.3 Å². The minimum absolute atomic E-state index is 0.0838. The highest BCUT2D eigenvalue weighted by atomic mass is 16.2. The summed E-state index contributed by atoms with van der Waals surface area (Å²) in [4.78, 5) is 26.2. The lowest BCUT2D eigenvalue weighted by molar-refractivity contribution is 0.0666. The minimum Gasteiger partial charge on any atom is -0.384 e. The van der Waals surface area contributed by atoms with Gasteiger partial charge >= 0.3 is 0 Å². The van der Waals surface area contributed by atoms with Gasteiger partial charge in [0.15, 0.2) is 0 Å². The van der Waals surface area contributed by atoms with Crippen LogP contribution in [-0.2, 0) is 6.42 Å². The largest absolute Gasteiger partial charge is 0.384 e. The first-order valence-electron chi connectivity index (χ1n) is 12.3. The number of H-pyrrole nitrogens is 1. The summed E-state index contributed by atoms with van der Waals surface area (Å²) in [7, 11) is 2.10. The van der Waals surface area contributed by atoms with Crippen molar-refractivity contribution in [1.29, 1.82) is 0 Å². The maximum absolute atomic E-state index is 13.7. The molecule has 2 N–H and O–H groups in total. The van der Waals surface area contributed by atoms with Gasteiger partial charge in [-0.3, -0.25) is 4.79 Å². The topological polar surface area (TPSA) is 64.3 Å². The number of amides is 1. The Morgan fingerprint density at radius 1 is 0.914 bits per heavy atom. The van der Waals surface area contributed by atoms with Crippen LogP contribution in [0, 0.1) is 0 Å². The van der Waals surface area contributed by atoms with Crippen LogP contribution in [0.25, 0.3) is 32.7 Å². The number of nitrogens with zero attached hydrogens (tertiary/aromatic N) is 3. The first-order chi connectivity index (χ1) is 17.2. The van der Waals surface area contributed by atoms with Crippen molar-refractivity contribution in [2.24, 2.45) is 0 Å². The molecule has 0 radical (unpaired) electrons. The third-order valence-corrected chi connectivity index (χ3v) is 7.10. The van der Waals surface area contributed by atoms with Crippen molar-refractivity contribution in [3.05, 3.63) is 84.1 Å². The molecule has 5 aromatic rings. The van der Waals surface area contributed by atoms with E-state index >= 15 is 0 Å². The Bertz CT molecular complexity index is 1530. The van der Waals surface area contributed by atoms with Gasteiger partial charge in [0.2, 0.25) is 0 Å². The van der Waals surface area contributed by atoms with Gasteiger partial charge in [0.25, 0.3) is 5.91 Å². The second-order valence-electron chi connectivity index (χ2n) is 9.34. The van der Waals surface area contributed by atoms with Gasteiger partial charge in [0, 0.05) is 60.6 Å². The predicted molar refractivity (Wildman–Crippen MR) is 143 cm³/mol. The highest BCUT2D eigenvalue weighted by Crippen LogP contribution is 2.34. The molecule has 6 nitrogen and oxygen atoms in total. The predicted octanol–water partition coefficient (Wildman–Crippen LogP) is 4.91. The third kappa shape index (κ3) is 4.00. The summed E-state index contributed by atoms with van der Waals surface area (Å²) in [6.07, 6.45) is 2.97. The van der Waals surface area contributed by atoms with Crippen molar-refractivity contribution < 1.29 is 4.79 Å². The fourth-order valence-electron chi connectivity index (χ4n) is 5.15. The zero-order valence-electron chi connectivity index (χ0n) is 19.9. The molecule has 0 atom stereocenters. The van der Waals surface area contributed by atoms with Gasteiger partial charge in [-0.05, 0) is 43.3 Å². The van der Waals surface area contributed by atoms with Crippen LogP contribution in [0.15, 0.2) is 72.9 Å². The van der Waals surface area contributed by atoms with Crippen LogP contribution in [0.2, 0.25) is 0 Å². The molecule has 3 aromatic carbocycles. The molecule has 1 fully saturated rings. The molecular formula is C29H29N5O. The van der Waals surface area contributed by atoms with E-state index < -0.39 is 0 Å². The maximum Gasteiger partial charge on any atom is 0.254 e. The van der Waals surface area contributed by atoms with E-state index in [1.807, 2.05) is 41.3 Å². The van der Waals surface area contributed by atoms with Gasteiger partial charge in [-0.25, -0.2) is 4.98 Å². The molecule has 0 saturated carbocycles. The number of pyridine rings is 1. The lowest BCUT2D eigenvalue weighted by Gasteiger charge is -2.32. The maximum atomic E-state index is 13.7. The van der Waals surface area contributed by atoms with Crippen molar-refractivity contribution in [3.63, 3.8) is 0 Å². The van der Waals surface area contributed by atoms with Crippen LogP contribution in [0.4, 0.5) is 5.69 Å². The quantitative estimate of drug-likeness (QED) is 0.364. The van der Waals surface area contributed by atoms with Crippen LogP contribution >= 0.6 is 0 Å². The lowest BCUT2D eigenvalue weighted by Crippen LogP contribution is -2.47. The smallest absolute Gasteiger partial charge is 0.254 e. The van der Waals surface area contributed by atoms with E-state index in [0.717, 1.165) is 77.7 Å². The van der Waals surface area contributed by atoms with Crippen LogP contribution in [0.5, 0.6) is 0 Å². The molecule has 0 unspecified atom stereocenters. The number of aromatic amines is 1. The number of carbonyl (C=O) groups is 1. The molecule has 35 heavy (non-hydrogen) atoms. The van der Waals surface area contributed by atoms with Crippen LogP contribution in [0.1, 0.15) is 15.9 Å². The molecule has 1 amide bonds. The van der Waals surface area contributed by atoms with Gasteiger partial charge in [-0.2, -0.15) is 0 Å². The number of nitrogens with one attached hydrogen (secondary N) is 2. The van der Waals surface area contributed by atoms with Crippen molar-refractivity contribution in [3.8, 4) is 0 Å². The molecule has 1 aliphatic rings. The standard InChI is InChI=1S/C29H29N5O/c1-33-15-17-34(18-16-33)29(35)23-9-6-12-26-27(23)28(22-8-3-5-11-25(22)32-26)30-14-13-20-19-31-24-10-4-2-7-21(20)24/h2-12,19,31H,13-18H2,1H3,(H,30,32). The fourth-order valence-corrected chi connectivity index (χ4v) is 5.15. The summed E-state index contributed by atoms with van der Waals surface area (Å²) in [6, 6.07) is 22.5. The van der Waals surface area contributed by atoms with Crippen molar-refractivity contribution in [2.45, 2.75) is 6.42 Å². The molecule has 0 bridgehead atoms. The Morgan fingerprint density at radius 3 is 2.51 bits per heavy atom. The van der Waals surface area contributed by atoms with E-state index in [2.05, 4.69) is 58.8 Å². The van der Waals surface area contributed by atoms with E-state index in [0.29, 0.717) is 0 Å². The summed E-state index contributed by atoms with van der Waals surface area (Å²) in [6.45, 7) is 4.04. The number of hydrogen-bond acceptors (Lipinski definition) is 4. The Balaban J connectivity index is 1.39. The summed E-state index contributed by atoms with van der Waals surface area (Å²) in [5.74, 6) is 0.0838. The molecule has 6 heteroatoms. The third-order valence-electron chi connectivity index (χ3n) is 7.10. The Labute approximate surface area is 204 Å². The van der Waals surface area contributed by atoms with Crippen molar-refractivity contribution in [2.75, 3.05) is 45.1 Å². The number of rotatable bonds is 5. The molecule has 6 rings (SSSR count). The van der Waals surface area contributed by atoms with Gasteiger partial charge in [-0.15, -0.1) is 0 Å². The van der Waals surface area contributed by atoms with E-state index in [4.69, 9.17) is 4.98 Å². The van der Waals surface area contributed by atoms with E-state index in [1.54, 1.807) is 0 Å². The number of benzene rings is 3. The molecule has 0 spiro atoms. The zero-order chi connectivity index (χ0) is 23.8. The van der Waals surface area contributed by atoms with Crippen LogP contribution < -0.4 is 5.32 Å². The molecule has 3 heterocycles. The van der Waals surface area contributed by atoms with Crippen LogP contribution in [-0.4, -0.2) is 65.4 Å². The fraction of sp³-hybridized carbons (Fsp3) is 0.241. The molecule has 1 aliphatic heterocycles. The normalized spacial score (nSPS) is 14.7. The average molecular weight is 464 g/mol. The summed E-state index contributed by atoms with van der Waals surface area (Å²) < 4.78 is 0. The SMILES string of the molecule is CN1CCN(C(=O)c2cccc3nc4ccccc4c(NCCc4c[nH]c5ccccc45)c23)CC1. The monoisotopic (exact) mass is 463 g/mol. The molecule has 1 saturated heterocycles. The number of hydrogen-bond donors (Lipinski definition) is 2. The molecule has 176 valence electrons. The average Bonchev–Trinajstić information content (AvgIpc) is 3.31. The minimum atomic E-state index is 0.0838. The Morgan fingerprint density at radius 2 is 1.66 bits per heavy atom.